The number of nitrogens with zero attached hydrogens (tertiary/aromatic N) is 2. The predicted octanol–water partition coefficient (Wildman–Crippen LogP) is 1.62. The molecule has 0 unspecified atom stereocenters. The molecule has 1 aromatic heterocycles. The van der Waals surface area contributed by atoms with Crippen LogP contribution in [0.1, 0.15) is 0 Å². The normalized spacial score (nSPS) is 11.5. The summed E-state index contributed by atoms with van der Waals surface area (Å²) >= 11 is 0. The molecule has 0 atom stereocenters. The standard InChI is InChI=1S/C39H31B5N2/c40-33-32(34(41)36(43)37(44)35(33)42)24-14-10-13-23(21-24)31-25-15-4-6-17-27(25)38(28-18-7-5-16-26(28)31)46-30-20-9-8-19-29(30)45-39(46)22-11-2-1-3-12-22/h1-21H,40-44H2. The zero-order valence-corrected chi connectivity index (χ0v) is 27.0. The highest BCUT2D eigenvalue weighted by Gasteiger charge is 2.22. The van der Waals surface area contributed by atoms with Crippen molar-refractivity contribution in [2.75, 3.05) is 0 Å². The average Bonchev–Trinajstić information content (AvgIpc) is 3.48. The molecular weight excluding hydrogens is 551 g/mol. The van der Waals surface area contributed by atoms with Gasteiger partial charge in [-0.2, -0.15) is 0 Å². The second-order valence-corrected chi connectivity index (χ2v) is 12.5. The molecule has 46 heavy (non-hydrogen) atoms. The Kier molecular flexibility index (Phi) is 6.80. The molecule has 212 valence electrons. The summed E-state index contributed by atoms with van der Waals surface area (Å²) in [7, 11) is 11.3. The summed E-state index contributed by atoms with van der Waals surface area (Å²) in [6.07, 6.45) is 0. The van der Waals surface area contributed by atoms with E-state index in [0.717, 1.165) is 28.1 Å². The van der Waals surface area contributed by atoms with Gasteiger partial charge in [0.2, 0.25) is 0 Å². The van der Waals surface area contributed by atoms with Gasteiger partial charge >= 0.3 is 0 Å². The predicted molar refractivity (Wildman–Crippen MR) is 213 cm³/mol. The van der Waals surface area contributed by atoms with Gasteiger partial charge in [-0.3, -0.25) is 4.57 Å². The van der Waals surface area contributed by atoms with Crippen LogP contribution in [0.5, 0.6) is 0 Å². The van der Waals surface area contributed by atoms with Crippen molar-refractivity contribution in [1.29, 1.82) is 0 Å². The van der Waals surface area contributed by atoms with Crippen molar-refractivity contribution in [2.45, 2.75) is 0 Å². The minimum absolute atomic E-state index is 0.947. The van der Waals surface area contributed by atoms with E-state index in [1.54, 1.807) is 0 Å². The molecule has 0 amide bonds. The number of para-hydroxylation sites is 2. The van der Waals surface area contributed by atoms with Crippen LogP contribution in [0.3, 0.4) is 0 Å². The van der Waals surface area contributed by atoms with Gasteiger partial charge in [0, 0.05) is 16.3 Å². The van der Waals surface area contributed by atoms with Gasteiger partial charge in [0.1, 0.15) is 45.1 Å². The second-order valence-electron chi connectivity index (χ2n) is 12.5. The first-order chi connectivity index (χ1) is 22.4. The summed E-state index contributed by atoms with van der Waals surface area (Å²) in [6.45, 7) is 0. The molecule has 0 saturated carbocycles. The van der Waals surface area contributed by atoms with E-state index in [2.05, 4.69) is 171 Å². The summed E-state index contributed by atoms with van der Waals surface area (Å²) in [6, 6.07) is 46.0. The van der Waals surface area contributed by atoms with Gasteiger partial charge in [-0.1, -0.05) is 120 Å². The molecule has 2 nitrogen and oxygen atoms in total. The molecule has 8 rings (SSSR count). The summed E-state index contributed by atoms with van der Waals surface area (Å²) < 4.78 is 2.38. The molecule has 7 heteroatoms. The Morgan fingerprint density at radius 1 is 0.413 bits per heavy atom. The fraction of sp³-hybridized carbons (Fsp3) is 0. The fourth-order valence-corrected chi connectivity index (χ4v) is 7.45. The van der Waals surface area contributed by atoms with E-state index in [4.69, 9.17) is 4.98 Å². The highest BCUT2D eigenvalue weighted by Crippen LogP contribution is 2.43. The summed E-state index contributed by atoms with van der Waals surface area (Å²) in [5.74, 6) is 0.947. The van der Waals surface area contributed by atoms with Crippen molar-refractivity contribution in [2.24, 2.45) is 0 Å². The lowest BCUT2D eigenvalue weighted by atomic mass is 9.59. The maximum absolute atomic E-state index is 5.20. The van der Waals surface area contributed by atoms with Crippen LogP contribution >= 0.6 is 0 Å². The second kappa shape index (κ2) is 11.0. The largest absolute Gasteiger partial charge is 0.291 e. The van der Waals surface area contributed by atoms with E-state index < -0.39 is 0 Å². The van der Waals surface area contributed by atoms with Crippen molar-refractivity contribution in [3.63, 3.8) is 0 Å². The maximum atomic E-state index is 5.20. The van der Waals surface area contributed by atoms with Crippen LogP contribution in [0.4, 0.5) is 0 Å². The van der Waals surface area contributed by atoms with E-state index in [0.29, 0.717) is 0 Å². The van der Waals surface area contributed by atoms with Gasteiger partial charge in [-0.25, -0.2) is 4.98 Å². The number of fused-ring (bicyclic) bond motifs is 3. The highest BCUT2D eigenvalue weighted by molar-refractivity contribution is 6.68. The Bertz CT molecular complexity index is 2400. The van der Waals surface area contributed by atoms with Crippen molar-refractivity contribution >= 4 is 99.1 Å². The zero-order chi connectivity index (χ0) is 31.5. The molecular formula is C39H31B5N2. The number of rotatable bonds is 4. The van der Waals surface area contributed by atoms with Crippen molar-refractivity contribution < 1.29 is 0 Å². The lowest BCUT2D eigenvalue weighted by molar-refractivity contribution is 1.13. The Hall–Kier alpha value is -5.15. The molecule has 0 saturated heterocycles. The molecule has 0 N–H and O–H groups in total. The van der Waals surface area contributed by atoms with Gasteiger partial charge in [-0.15, -0.1) is 16.4 Å². The van der Waals surface area contributed by atoms with Crippen LogP contribution < -0.4 is 27.3 Å². The summed E-state index contributed by atoms with van der Waals surface area (Å²) in [4.78, 5) is 5.20. The van der Waals surface area contributed by atoms with Gasteiger partial charge in [0.25, 0.3) is 0 Å². The van der Waals surface area contributed by atoms with Crippen LogP contribution in [0.2, 0.25) is 0 Å². The Balaban J connectivity index is 1.47. The molecule has 7 aromatic carbocycles. The fourth-order valence-electron chi connectivity index (χ4n) is 7.45. The number of hydrogen-bond donors (Lipinski definition) is 0. The topological polar surface area (TPSA) is 17.8 Å². The van der Waals surface area contributed by atoms with Crippen LogP contribution in [0.25, 0.3) is 71.9 Å². The van der Waals surface area contributed by atoms with Gasteiger partial charge in [0.15, 0.2) is 0 Å². The Morgan fingerprint density at radius 3 is 1.52 bits per heavy atom. The van der Waals surface area contributed by atoms with E-state index in [9.17, 15) is 0 Å². The van der Waals surface area contributed by atoms with Crippen LogP contribution in [-0.2, 0) is 0 Å². The smallest absolute Gasteiger partial charge is 0.145 e. The Labute approximate surface area is 274 Å². The first kappa shape index (κ1) is 28.3. The van der Waals surface area contributed by atoms with Gasteiger partial charge in [-0.05, 0) is 51.2 Å². The van der Waals surface area contributed by atoms with Gasteiger partial charge < -0.3 is 0 Å². The third-order valence-corrected chi connectivity index (χ3v) is 10.2. The molecule has 0 radical (unpaired) electrons. The monoisotopic (exact) mass is 582 g/mol. The molecule has 0 aliphatic carbocycles. The Morgan fingerprint density at radius 2 is 0.891 bits per heavy atom. The summed E-state index contributed by atoms with van der Waals surface area (Å²) in [5.41, 5.74) is 16.3. The van der Waals surface area contributed by atoms with E-state index in [1.807, 2.05) is 0 Å². The minimum Gasteiger partial charge on any atom is -0.291 e. The lowest BCUT2D eigenvalue weighted by Crippen LogP contribution is -2.55. The van der Waals surface area contributed by atoms with Crippen LogP contribution in [0, 0.1) is 0 Å². The SMILES string of the molecule is Bc1c(B)c(B)c(-c2cccc(-c3c4ccccc4c(-n4c(-c5ccccc5)nc5ccccc54)c4ccccc34)c2)c(B)c1B. The molecule has 1 heterocycles. The molecule has 0 aliphatic heterocycles. The van der Waals surface area contributed by atoms with E-state index in [1.165, 1.54) is 71.1 Å². The van der Waals surface area contributed by atoms with Crippen molar-refractivity contribution in [1.82, 2.24) is 9.55 Å². The van der Waals surface area contributed by atoms with Crippen LogP contribution in [-0.4, -0.2) is 48.8 Å². The van der Waals surface area contributed by atoms with Crippen molar-refractivity contribution in [3.8, 4) is 39.3 Å². The molecule has 0 aliphatic rings. The van der Waals surface area contributed by atoms with Crippen molar-refractivity contribution in [3.05, 3.63) is 127 Å². The molecule has 0 spiro atoms. The van der Waals surface area contributed by atoms with E-state index >= 15 is 0 Å². The number of aromatic nitrogens is 2. The molecule has 8 aromatic rings. The quantitative estimate of drug-likeness (QED) is 0.228. The minimum atomic E-state index is 0.947. The third kappa shape index (κ3) is 4.30. The number of imidazole rings is 1. The van der Waals surface area contributed by atoms with Crippen LogP contribution in [0.15, 0.2) is 127 Å². The first-order valence-electron chi connectivity index (χ1n) is 16.1. The highest BCUT2D eigenvalue weighted by atomic mass is 15.1. The van der Waals surface area contributed by atoms with E-state index in [-0.39, 0.29) is 0 Å². The molecule has 0 bridgehead atoms. The summed E-state index contributed by atoms with van der Waals surface area (Å²) in [5, 5.41) is 4.87. The zero-order valence-electron chi connectivity index (χ0n) is 27.0. The van der Waals surface area contributed by atoms with Gasteiger partial charge in [0.05, 0.1) is 16.7 Å². The average molecular weight is 582 g/mol. The maximum Gasteiger partial charge on any atom is 0.145 e. The first-order valence-corrected chi connectivity index (χ1v) is 16.1. The lowest BCUT2D eigenvalue weighted by Gasteiger charge is -2.22. The third-order valence-electron chi connectivity index (χ3n) is 10.2. The molecule has 0 fully saturated rings. The number of benzene rings is 7. The number of hydrogen-bond acceptors (Lipinski definition) is 1.